The number of amides is 1. The van der Waals surface area contributed by atoms with E-state index in [9.17, 15) is 4.79 Å². The molecule has 5 nitrogen and oxygen atoms in total. The number of carbonyl (C=O) groups excluding carboxylic acids is 1. The molecule has 1 heterocycles. The van der Waals surface area contributed by atoms with Crippen molar-refractivity contribution in [2.75, 3.05) is 43.9 Å². The molecule has 0 atom stereocenters. The Morgan fingerprint density at radius 1 is 0.871 bits per heavy atom. The number of nitrogens with zero attached hydrogens (tertiary/aromatic N) is 2. The molecule has 5 heteroatoms. The molecule has 0 aliphatic carbocycles. The lowest BCUT2D eigenvalue weighted by atomic mass is 10.1. The zero-order valence-electron chi connectivity index (χ0n) is 18.3. The first-order chi connectivity index (χ1) is 15.1. The van der Waals surface area contributed by atoms with Gasteiger partial charge in [-0.1, -0.05) is 36.4 Å². The van der Waals surface area contributed by atoms with Crippen LogP contribution in [0.25, 0.3) is 0 Å². The molecule has 3 aromatic rings. The van der Waals surface area contributed by atoms with Crippen LogP contribution < -0.4 is 10.6 Å². The number of anilines is 3. The molecule has 1 aliphatic heterocycles. The molecule has 0 saturated carbocycles. The summed E-state index contributed by atoms with van der Waals surface area (Å²) in [6, 6.07) is 24.0. The number of likely N-dealkylation sites (N-methyl/N-ethyl adjacent to an activating group) is 1. The van der Waals surface area contributed by atoms with Crippen molar-refractivity contribution in [3.8, 4) is 0 Å². The molecule has 0 spiro atoms. The standard InChI is InChI=1S/C26H30N4O/c1-20-11-12-24(27-23-9-4-3-5-10-23)18-25(20)28-26(31)22-8-6-7-21(17-22)19-30-15-13-29(2)14-16-30/h3-12,17-18,27H,13-16,19H2,1-2H3,(H,28,31). The lowest BCUT2D eigenvalue weighted by Crippen LogP contribution is -2.43. The molecule has 3 aromatic carbocycles. The first-order valence-electron chi connectivity index (χ1n) is 10.8. The highest BCUT2D eigenvalue weighted by atomic mass is 16.1. The van der Waals surface area contributed by atoms with Crippen molar-refractivity contribution in [2.45, 2.75) is 13.5 Å². The number of carbonyl (C=O) groups is 1. The number of para-hydroxylation sites is 1. The van der Waals surface area contributed by atoms with Crippen LogP contribution in [0, 0.1) is 6.92 Å². The maximum atomic E-state index is 13.0. The summed E-state index contributed by atoms with van der Waals surface area (Å²) in [6.07, 6.45) is 0. The highest BCUT2D eigenvalue weighted by Gasteiger charge is 2.15. The highest BCUT2D eigenvalue weighted by Crippen LogP contribution is 2.24. The SMILES string of the molecule is Cc1ccc(Nc2ccccc2)cc1NC(=O)c1cccc(CN2CCN(C)CC2)c1. The van der Waals surface area contributed by atoms with Crippen molar-refractivity contribution in [1.82, 2.24) is 9.80 Å². The van der Waals surface area contributed by atoms with E-state index < -0.39 is 0 Å². The summed E-state index contributed by atoms with van der Waals surface area (Å²) in [5.41, 5.74) is 5.66. The fourth-order valence-electron chi connectivity index (χ4n) is 3.79. The van der Waals surface area contributed by atoms with Crippen molar-refractivity contribution in [3.05, 3.63) is 89.5 Å². The number of aryl methyl sites for hydroxylation is 1. The van der Waals surface area contributed by atoms with Gasteiger partial charge >= 0.3 is 0 Å². The summed E-state index contributed by atoms with van der Waals surface area (Å²) in [5.74, 6) is -0.0832. The number of nitrogens with one attached hydrogen (secondary N) is 2. The van der Waals surface area contributed by atoms with E-state index in [1.165, 1.54) is 5.56 Å². The van der Waals surface area contributed by atoms with Gasteiger partial charge in [-0.05, 0) is 61.5 Å². The Morgan fingerprint density at radius 3 is 2.42 bits per heavy atom. The van der Waals surface area contributed by atoms with E-state index in [2.05, 4.69) is 33.5 Å². The number of piperazine rings is 1. The van der Waals surface area contributed by atoms with E-state index in [0.29, 0.717) is 5.56 Å². The van der Waals surface area contributed by atoms with E-state index in [1.54, 1.807) is 0 Å². The second kappa shape index (κ2) is 9.77. The Balaban J connectivity index is 1.43. The van der Waals surface area contributed by atoms with Gasteiger partial charge in [0, 0.05) is 55.3 Å². The lowest BCUT2D eigenvalue weighted by Gasteiger charge is -2.32. The lowest BCUT2D eigenvalue weighted by molar-refractivity contribution is 0.102. The van der Waals surface area contributed by atoms with Gasteiger partial charge in [0.15, 0.2) is 0 Å². The maximum Gasteiger partial charge on any atom is 0.255 e. The molecule has 2 N–H and O–H groups in total. The first-order valence-corrected chi connectivity index (χ1v) is 10.8. The zero-order valence-corrected chi connectivity index (χ0v) is 18.3. The Hall–Kier alpha value is -3.15. The van der Waals surface area contributed by atoms with Crippen molar-refractivity contribution in [2.24, 2.45) is 0 Å². The van der Waals surface area contributed by atoms with Crippen molar-refractivity contribution >= 4 is 23.0 Å². The van der Waals surface area contributed by atoms with Gasteiger partial charge in [0.2, 0.25) is 0 Å². The Kier molecular flexibility index (Phi) is 6.65. The molecule has 0 radical (unpaired) electrons. The maximum absolute atomic E-state index is 13.0. The monoisotopic (exact) mass is 414 g/mol. The summed E-state index contributed by atoms with van der Waals surface area (Å²) < 4.78 is 0. The van der Waals surface area contributed by atoms with Gasteiger partial charge in [-0.2, -0.15) is 0 Å². The quantitative estimate of drug-likeness (QED) is 0.612. The topological polar surface area (TPSA) is 47.6 Å². The third kappa shape index (κ3) is 5.72. The predicted molar refractivity (Wildman–Crippen MR) is 128 cm³/mol. The van der Waals surface area contributed by atoms with Crippen LogP contribution in [0.5, 0.6) is 0 Å². The van der Waals surface area contributed by atoms with Crippen LogP contribution in [0.15, 0.2) is 72.8 Å². The van der Waals surface area contributed by atoms with E-state index in [1.807, 2.05) is 73.7 Å². The van der Waals surface area contributed by atoms with Crippen LogP contribution in [-0.2, 0) is 6.54 Å². The molecule has 4 rings (SSSR count). The average molecular weight is 415 g/mol. The second-order valence-corrected chi connectivity index (χ2v) is 8.25. The van der Waals surface area contributed by atoms with Crippen LogP contribution >= 0.6 is 0 Å². The number of benzene rings is 3. The summed E-state index contributed by atoms with van der Waals surface area (Å²) in [5, 5.41) is 6.47. The predicted octanol–water partition coefficient (Wildman–Crippen LogP) is 4.74. The average Bonchev–Trinajstić information content (AvgIpc) is 2.78. The van der Waals surface area contributed by atoms with Crippen molar-refractivity contribution < 1.29 is 4.79 Å². The van der Waals surface area contributed by atoms with Crippen LogP contribution in [0.1, 0.15) is 21.5 Å². The third-order valence-electron chi connectivity index (χ3n) is 5.74. The fraction of sp³-hybridized carbons (Fsp3) is 0.269. The molecular weight excluding hydrogens is 384 g/mol. The van der Waals surface area contributed by atoms with Crippen LogP contribution in [0.2, 0.25) is 0 Å². The van der Waals surface area contributed by atoms with Gasteiger partial charge in [0.05, 0.1) is 0 Å². The molecule has 1 fully saturated rings. The van der Waals surface area contributed by atoms with Crippen molar-refractivity contribution in [1.29, 1.82) is 0 Å². The molecule has 0 aromatic heterocycles. The fourth-order valence-corrected chi connectivity index (χ4v) is 3.79. The van der Waals surface area contributed by atoms with Crippen molar-refractivity contribution in [3.63, 3.8) is 0 Å². The third-order valence-corrected chi connectivity index (χ3v) is 5.74. The Bertz CT molecular complexity index is 1030. The normalized spacial score (nSPS) is 14.9. The minimum absolute atomic E-state index is 0.0832. The van der Waals surface area contributed by atoms with E-state index >= 15 is 0 Å². The van der Waals surface area contributed by atoms with Crippen LogP contribution in [0.3, 0.4) is 0 Å². The Morgan fingerprint density at radius 2 is 1.65 bits per heavy atom. The van der Waals surface area contributed by atoms with E-state index in [4.69, 9.17) is 0 Å². The molecule has 1 amide bonds. The summed E-state index contributed by atoms with van der Waals surface area (Å²) >= 11 is 0. The largest absolute Gasteiger partial charge is 0.355 e. The van der Waals surface area contributed by atoms with Gasteiger partial charge in [-0.3, -0.25) is 9.69 Å². The molecule has 31 heavy (non-hydrogen) atoms. The molecule has 1 saturated heterocycles. The van der Waals surface area contributed by atoms with E-state index in [0.717, 1.165) is 55.3 Å². The number of hydrogen-bond acceptors (Lipinski definition) is 4. The van der Waals surface area contributed by atoms with Crippen LogP contribution in [0.4, 0.5) is 17.1 Å². The zero-order chi connectivity index (χ0) is 21.6. The van der Waals surface area contributed by atoms with Gasteiger partial charge in [-0.25, -0.2) is 0 Å². The van der Waals surface area contributed by atoms with E-state index in [-0.39, 0.29) is 5.91 Å². The number of hydrogen-bond donors (Lipinski definition) is 2. The highest BCUT2D eigenvalue weighted by molar-refractivity contribution is 6.05. The minimum Gasteiger partial charge on any atom is -0.355 e. The molecule has 0 unspecified atom stereocenters. The molecule has 0 bridgehead atoms. The smallest absolute Gasteiger partial charge is 0.255 e. The molecular formula is C26H30N4O. The summed E-state index contributed by atoms with van der Waals surface area (Å²) in [7, 11) is 2.16. The van der Waals surface area contributed by atoms with Gasteiger partial charge in [0.1, 0.15) is 0 Å². The second-order valence-electron chi connectivity index (χ2n) is 8.25. The number of rotatable bonds is 6. The van der Waals surface area contributed by atoms with Gasteiger partial charge < -0.3 is 15.5 Å². The van der Waals surface area contributed by atoms with Gasteiger partial charge in [-0.15, -0.1) is 0 Å². The molecule has 1 aliphatic rings. The molecule has 160 valence electrons. The van der Waals surface area contributed by atoms with Gasteiger partial charge in [0.25, 0.3) is 5.91 Å². The van der Waals surface area contributed by atoms with Crippen LogP contribution in [-0.4, -0.2) is 48.9 Å². The summed E-state index contributed by atoms with van der Waals surface area (Å²) in [6.45, 7) is 7.19. The Labute approximate surface area is 184 Å². The first kappa shape index (κ1) is 21.1. The summed E-state index contributed by atoms with van der Waals surface area (Å²) in [4.78, 5) is 17.8. The minimum atomic E-state index is -0.0832.